The number of rotatable bonds is 9. The molecular weight excluding hydrogens is 418 g/mol. The number of unbranched alkanes of at least 4 members (excludes halogenated alkanes) is 1. The van der Waals surface area contributed by atoms with Crippen LogP contribution in [0.5, 0.6) is 0 Å². The standard InChI is InChI=1S/C22H25N3O3S2/c1-16-6-10-19(11-7-16)25-30(27,28)20-12-8-18(9-13-20)22(26)23-14-4-3-5-21-24-17(2)15-29-21/h6-13,15,25H,3-5,14H2,1-2H3,(H,23,26). The molecule has 30 heavy (non-hydrogen) atoms. The average Bonchev–Trinajstić information content (AvgIpc) is 3.14. The minimum atomic E-state index is -3.70. The molecule has 8 heteroatoms. The Hall–Kier alpha value is -2.71. The van der Waals surface area contributed by atoms with Crippen molar-refractivity contribution >= 4 is 33.0 Å². The zero-order valence-electron chi connectivity index (χ0n) is 17.0. The molecule has 2 N–H and O–H groups in total. The minimum absolute atomic E-state index is 0.110. The van der Waals surface area contributed by atoms with Crippen molar-refractivity contribution in [3.05, 3.63) is 75.7 Å². The number of benzene rings is 2. The van der Waals surface area contributed by atoms with Gasteiger partial charge in [-0.05, 0) is 69.5 Å². The number of amides is 1. The van der Waals surface area contributed by atoms with Crippen molar-refractivity contribution in [3.8, 4) is 0 Å². The Morgan fingerprint density at radius 3 is 2.33 bits per heavy atom. The Bertz CT molecular complexity index is 1090. The highest BCUT2D eigenvalue weighted by molar-refractivity contribution is 7.92. The van der Waals surface area contributed by atoms with Crippen LogP contribution >= 0.6 is 11.3 Å². The molecule has 3 rings (SSSR count). The molecule has 0 atom stereocenters. The number of aromatic nitrogens is 1. The molecule has 1 amide bonds. The summed E-state index contributed by atoms with van der Waals surface area (Å²) < 4.78 is 27.6. The molecule has 0 aliphatic heterocycles. The monoisotopic (exact) mass is 443 g/mol. The second kappa shape index (κ2) is 9.86. The predicted molar refractivity (Wildman–Crippen MR) is 121 cm³/mol. The van der Waals surface area contributed by atoms with Crippen molar-refractivity contribution < 1.29 is 13.2 Å². The first-order valence-electron chi connectivity index (χ1n) is 9.72. The van der Waals surface area contributed by atoms with Gasteiger partial charge in [0.2, 0.25) is 0 Å². The van der Waals surface area contributed by atoms with Gasteiger partial charge in [0, 0.05) is 28.9 Å². The predicted octanol–water partition coefficient (Wildman–Crippen LogP) is 4.31. The highest BCUT2D eigenvalue weighted by Crippen LogP contribution is 2.17. The second-order valence-corrected chi connectivity index (χ2v) is 9.72. The molecule has 2 aromatic carbocycles. The lowest BCUT2D eigenvalue weighted by Crippen LogP contribution is -2.24. The molecule has 0 spiro atoms. The Kier molecular flexibility index (Phi) is 7.23. The Labute approximate surface area is 181 Å². The fourth-order valence-corrected chi connectivity index (χ4v) is 4.72. The third kappa shape index (κ3) is 6.14. The molecule has 0 aliphatic carbocycles. The van der Waals surface area contributed by atoms with E-state index >= 15 is 0 Å². The molecule has 0 unspecified atom stereocenters. The van der Waals surface area contributed by atoms with E-state index in [0.717, 1.165) is 35.5 Å². The number of nitrogens with zero attached hydrogens (tertiary/aromatic N) is 1. The van der Waals surface area contributed by atoms with Gasteiger partial charge in [-0.25, -0.2) is 13.4 Å². The third-order valence-electron chi connectivity index (χ3n) is 4.50. The Balaban J connectivity index is 1.49. The molecule has 0 saturated carbocycles. The van der Waals surface area contributed by atoms with E-state index in [-0.39, 0.29) is 10.8 Å². The highest BCUT2D eigenvalue weighted by atomic mass is 32.2. The second-order valence-electron chi connectivity index (χ2n) is 7.09. The van der Waals surface area contributed by atoms with Crippen LogP contribution in [0.3, 0.4) is 0 Å². The van der Waals surface area contributed by atoms with E-state index in [1.54, 1.807) is 23.5 Å². The molecule has 0 bridgehead atoms. The van der Waals surface area contributed by atoms with Gasteiger partial charge >= 0.3 is 0 Å². The van der Waals surface area contributed by atoms with Gasteiger partial charge in [-0.15, -0.1) is 11.3 Å². The first-order chi connectivity index (χ1) is 14.3. The number of hydrogen-bond donors (Lipinski definition) is 2. The molecule has 3 aromatic rings. The van der Waals surface area contributed by atoms with Crippen molar-refractivity contribution in [1.29, 1.82) is 0 Å². The summed E-state index contributed by atoms with van der Waals surface area (Å²) in [5, 5.41) is 6.03. The van der Waals surface area contributed by atoms with Crippen molar-refractivity contribution in [2.24, 2.45) is 0 Å². The number of aryl methyl sites for hydroxylation is 3. The number of hydrogen-bond acceptors (Lipinski definition) is 5. The van der Waals surface area contributed by atoms with E-state index in [4.69, 9.17) is 0 Å². The van der Waals surface area contributed by atoms with Gasteiger partial charge in [-0.2, -0.15) is 0 Å². The van der Waals surface area contributed by atoms with E-state index in [0.29, 0.717) is 17.8 Å². The van der Waals surface area contributed by atoms with E-state index < -0.39 is 10.0 Å². The van der Waals surface area contributed by atoms with E-state index in [2.05, 4.69) is 15.0 Å². The normalized spacial score (nSPS) is 11.3. The van der Waals surface area contributed by atoms with Crippen LogP contribution in [-0.2, 0) is 16.4 Å². The third-order valence-corrected chi connectivity index (χ3v) is 6.92. The molecular formula is C22H25N3O3S2. The summed E-state index contributed by atoms with van der Waals surface area (Å²) in [6.45, 7) is 4.48. The summed E-state index contributed by atoms with van der Waals surface area (Å²) in [5.41, 5.74) is 3.02. The summed E-state index contributed by atoms with van der Waals surface area (Å²) in [5.74, 6) is -0.212. The summed E-state index contributed by atoms with van der Waals surface area (Å²) in [4.78, 5) is 16.8. The van der Waals surface area contributed by atoms with E-state index in [1.165, 1.54) is 24.3 Å². The van der Waals surface area contributed by atoms with Crippen LogP contribution in [0, 0.1) is 13.8 Å². The van der Waals surface area contributed by atoms with Crippen LogP contribution in [0.15, 0.2) is 58.8 Å². The maximum atomic E-state index is 12.5. The fraction of sp³-hybridized carbons (Fsp3) is 0.273. The molecule has 1 aromatic heterocycles. The summed E-state index contributed by atoms with van der Waals surface area (Å²) >= 11 is 1.66. The number of nitrogens with one attached hydrogen (secondary N) is 2. The van der Waals surface area contributed by atoms with Gasteiger partial charge in [0.15, 0.2) is 0 Å². The largest absolute Gasteiger partial charge is 0.352 e. The fourth-order valence-electron chi connectivity index (χ4n) is 2.84. The average molecular weight is 444 g/mol. The van der Waals surface area contributed by atoms with Gasteiger partial charge < -0.3 is 5.32 Å². The first kappa shape index (κ1) is 22.0. The zero-order chi connectivity index (χ0) is 21.6. The SMILES string of the molecule is Cc1ccc(NS(=O)(=O)c2ccc(C(=O)NCCCCc3nc(C)cs3)cc2)cc1. The van der Waals surface area contributed by atoms with Crippen molar-refractivity contribution in [3.63, 3.8) is 0 Å². The van der Waals surface area contributed by atoms with Crippen molar-refractivity contribution in [1.82, 2.24) is 10.3 Å². The minimum Gasteiger partial charge on any atom is -0.352 e. The molecule has 0 aliphatic rings. The summed E-state index contributed by atoms with van der Waals surface area (Å²) in [7, 11) is -3.70. The Morgan fingerprint density at radius 1 is 1.00 bits per heavy atom. The highest BCUT2D eigenvalue weighted by Gasteiger charge is 2.15. The molecule has 0 fully saturated rings. The molecule has 6 nitrogen and oxygen atoms in total. The zero-order valence-corrected chi connectivity index (χ0v) is 18.6. The molecule has 0 radical (unpaired) electrons. The maximum absolute atomic E-state index is 12.5. The Morgan fingerprint density at radius 2 is 1.70 bits per heavy atom. The van der Waals surface area contributed by atoms with Crippen molar-refractivity contribution in [2.45, 2.75) is 38.0 Å². The quantitative estimate of drug-likeness (QED) is 0.482. The smallest absolute Gasteiger partial charge is 0.261 e. The molecule has 1 heterocycles. The lowest BCUT2D eigenvalue weighted by atomic mass is 10.2. The molecule has 0 saturated heterocycles. The molecule has 158 valence electrons. The van der Waals surface area contributed by atoms with Gasteiger partial charge in [0.1, 0.15) is 0 Å². The number of carbonyl (C=O) groups is 1. The van der Waals surface area contributed by atoms with Crippen LogP contribution < -0.4 is 10.0 Å². The van der Waals surface area contributed by atoms with Crippen LogP contribution in [-0.4, -0.2) is 25.9 Å². The van der Waals surface area contributed by atoms with Gasteiger partial charge in [0.05, 0.1) is 9.90 Å². The lowest BCUT2D eigenvalue weighted by Gasteiger charge is -2.09. The number of anilines is 1. The summed E-state index contributed by atoms with van der Waals surface area (Å²) in [6.07, 6.45) is 2.72. The van der Waals surface area contributed by atoms with Gasteiger partial charge in [0.25, 0.3) is 15.9 Å². The van der Waals surface area contributed by atoms with E-state index in [9.17, 15) is 13.2 Å². The van der Waals surface area contributed by atoms with Gasteiger partial charge in [-0.3, -0.25) is 9.52 Å². The lowest BCUT2D eigenvalue weighted by molar-refractivity contribution is 0.0953. The first-order valence-corrected chi connectivity index (χ1v) is 12.1. The van der Waals surface area contributed by atoms with E-state index in [1.807, 2.05) is 31.4 Å². The number of carbonyl (C=O) groups excluding carboxylic acids is 1. The van der Waals surface area contributed by atoms with Crippen LogP contribution in [0.1, 0.15) is 39.5 Å². The topological polar surface area (TPSA) is 88.2 Å². The van der Waals surface area contributed by atoms with Crippen LogP contribution in [0.2, 0.25) is 0 Å². The van der Waals surface area contributed by atoms with Crippen molar-refractivity contribution in [2.75, 3.05) is 11.3 Å². The number of sulfonamides is 1. The maximum Gasteiger partial charge on any atom is 0.261 e. The summed E-state index contributed by atoms with van der Waals surface area (Å²) in [6, 6.07) is 13.0. The number of thiazole rings is 1. The van der Waals surface area contributed by atoms with Gasteiger partial charge in [-0.1, -0.05) is 17.7 Å². The van der Waals surface area contributed by atoms with Crippen LogP contribution in [0.25, 0.3) is 0 Å². The van der Waals surface area contributed by atoms with Crippen LogP contribution in [0.4, 0.5) is 5.69 Å².